The Morgan fingerprint density at radius 2 is 1.79 bits per heavy atom. The van der Waals surface area contributed by atoms with E-state index in [4.69, 9.17) is 0 Å². The van der Waals surface area contributed by atoms with E-state index in [1.807, 2.05) is 37.3 Å². The predicted octanol–water partition coefficient (Wildman–Crippen LogP) is 2.04. The summed E-state index contributed by atoms with van der Waals surface area (Å²) >= 11 is 1.26. The Morgan fingerprint density at radius 3 is 2.39 bits per heavy atom. The van der Waals surface area contributed by atoms with Gasteiger partial charge in [0, 0.05) is 69.7 Å². The number of hydrogen-bond acceptors (Lipinski definition) is 8. The number of likely N-dealkylation sites (N-methyl/N-ethyl adjacent to an activating group) is 1. The molecule has 204 valence electrons. The summed E-state index contributed by atoms with van der Waals surface area (Å²) in [6.45, 7) is 7.38. The summed E-state index contributed by atoms with van der Waals surface area (Å²) < 4.78 is 0. The van der Waals surface area contributed by atoms with Crippen LogP contribution in [-0.4, -0.2) is 96.6 Å². The number of nitriles is 1. The van der Waals surface area contributed by atoms with Gasteiger partial charge >= 0.3 is 0 Å². The molecule has 2 heterocycles. The predicted molar refractivity (Wildman–Crippen MR) is 149 cm³/mol. The summed E-state index contributed by atoms with van der Waals surface area (Å²) in [5, 5.41) is 18.8. The zero-order valence-corrected chi connectivity index (χ0v) is 23.0. The molecule has 3 amide bonds. The van der Waals surface area contributed by atoms with Gasteiger partial charge in [0.15, 0.2) is 0 Å². The van der Waals surface area contributed by atoms with Gasteiger partial charge < -0.3 is 30.7 Å². The highest BCUT2D eigenvalue weighted by molar-refractivity contribution is 8.04. The van der Waals surface area contributed by atoms with E-state index in [-0.39, 0.29) is 23.4 Å². The molecule has 10 nitrogen and oxygen atoms in total. The molecule has 1 aromatic carbocycles. The first-order valence-electron chi connectivity index (χ1n) is 13.4. The summed E-state index contributed by atoms with van der Waals surface area (Å²) in [5.74, 6) is -0.527. The van der Waals surface area contributed by atoms with Gasteiger partial charge in [0.25, 0.3) is 5.91 Å². The Bertz CT molecular complexity index is 1090. The number of amides is 3. The van der Waals surface area contributed by atoms with Crippen molar-refractivity contribution in [2.24, 2.45) is 0 Å². The number of anilines is 2. The van der Waals surface area contributed by atoms with Crippen LogP contribution in [0.5, 0.6) is 0 Å². The van der Waals surface area contributed by atoms with Gasteiger partial charge in [-0.1, -0.05) is 11.8 Å². The van der Waals surface area contributed by atoms with Crippen LogP contribution in [-0.2, 0) is 14.4 Å². The highest BCUT2D eigenvalue weighted by Gasteiger charge is 2.39. The maximum Gasteiger partial charge on any atom is 0.264 e. The van der Waals surface area contributed by atoms with Crippen LogP contribution in [0.3, 0.4) is 0 Å². The summed E-state index contributed by atoms with van der Waals surface area (Å²) in [5.41, 5.74) is 1.55. The standard InChI is InChI=1S/C27H37N7O3S/c1-3-34-26(37)23(38-27(34)22(17-28)25(36)31-20-5-4-6-20)18-29-19-7-9-21(10-8-19)30-24(35)11-12-33-15-13-32(2)14-16-33/h7-10,20,23,29H,3-6,11-16,18H2,1-2H3,(H,30,35)(H,31,36)/b27-22-. The molecule has 38 heavy (non-hydrogen) atoms. The quantitative estimate of drug-likeness (QED) is 0.305. The maximum absolute atomic E-state index is 13.0. The molecular weight excluding hydrogens is 502 g/mol. The molecule has 11 heteroatoms. The van der Waals surface area contributed by atoms with Crippen LogP contribution < -0.4 is 16.0 Å². The molecule has 3 fully saturated rings. The Balaban J connectivity index is 1.27. The van der Waals surface area contributed by atoms with Crippen LogP contribution in [0.1, 0.15) is 32.6 Å². The van der Waals surface area contributed by atoms with E-state index in [1.54, 1.807) is 0 Å². The van der Waals surface area contributed by atoms with Crippen molar-refractivity contribution in [3.05, 3.63) is 34.9 Å². The van der Waals surface area contributed by atoms with Crippen molar-refractivity contribution in [2.75, 3.05) is 63.5 Å². The van der Waals surface area contributed by atoms with E-state index in [1.165, 1.54) is 16.7 Å². The van der Waals surface area contributed by atoms with Crippen LogP contribution in [0.2, 0.25) is 0 Å². The molecule has 1 aliphatic carbocycles. The van der Waals surface area contributed by atoms with E-state index in [9.17, 15) is 19.6 Å². The molecule has 2 saturated heterocycles. The van der Waals surface area contributed by atoms with E-state index in [0.717, 1.165) is 63.4 Å². The fourth-order valence-electron chi connectivity index (χ4n) is 4.59. The van der Waals surface area contributed by atoms with Crippen molar-refractivity contribution in [3.8, 4) is 6.07 Å². The number of benzene rings is 1. The van der Waals surface area contributed by atoms with Gasteiger partial charge in [-0.25, -0.2) is 0 Å². The van der Waals surface area contributed by atoms with Gasteiger partial charge in [-0.2, -0.15) is 5.26 Å². The summed E-state index contributed by atoms with van der Waals surface area (Å²) in [7, 11) is 2.11. The van der Waals surface area contributed by atoms with Crippen LogP contribution in [0.4, 0.5) is 11.4 Å². The largest absolute Gasteiger partial charge is 0.383 e. The van der Waals surface area contributed by atoms with Crippen LogP contribution >= 0.6 is 11.8 Å². The average Bonchev–Trinajstić information content (AvgIpc) is 3.20. The second kappa shape index (κ2) is 13.1. The Hall–Kier alpha value is -3.07. The fraction of sp³-hybridized carbons (Fsp3) is 0.556. The molecule has 4 rings (SSSR count). The zero-order chi connectivity index (χ0) is 27.1. The fourth-order valence-corrected chi connectivity index (χ4v) is 5.85. The molecule has 0 bridgehead atoms. The number of rotatable bonds is 10. The van der Waals surface area contributed by atoms with E-state index < -0.39 is 11.2 Å². The van der Waals surface area contributed by atoms with Crippen LogP contribution in [0.25, 0.3) is 0 Å². The van der Waals surface area contributed by atoms with Crippen molar-refractivity contribution in [1.29, 1.82) is 5.26 Å². The molecule has 2 aliphatic heterocycles. The third-order valence-corrected chi connectivity index (χ3v) is 8.56. The first-order valence-corrected chi connectivity index (χ1v) is 14.2. The lowest BCUT2D eigenvalue weighted by atomic mass is 9.93. The molecule has 1 unspecified atom stereocenters. The molecular formula is C27H37N7O3S. The van der Waals surface area contributed by atoms with Gasteiger partial charge in [-0.15, -0.1) is 0 Å². The molecule has 0 aromatic heterocycles. The summed E-state index contributed by atoms with van der Waals surface area (Å²) in [6.07, 6.45) is 3.39. The minimum Gasteiger partial charge on any atom is -0.383 e. The monoisotopic (exact) mass is 539 g/mol. The van der Waals surface area contributed by atoms with Gasteiger partial charge in [0.05, 0.1) is 0 Å². The summed E-state index contributed by atoms with van der Waals surface area (Å²) in [4.78, 5) is 44.2. The second-order valence-electron chi connectivity index (χ2n) is 9.98. The molecule has 3 aliphatic rings. The number of nitrogens with zero attached hydrogens (tertiary/aromatic N) is 4. The number of hydrogen-bond donors (Lipinski definition) is 3. The minimum absolute atomic E-state index is 0.00678. The van der Waals surface area contributed by atoms with Crippen molar-refractivity contribution in [3.63, 3.8) is 0 Å². The smallest absolute Gasteiger partial charge is 0.264 e. The average molecular weight is 540 g/mol. The summed E-state index contributed by atoms with van der Waals surface area (Å²) in [6, 6.07) is 9.53. The molecule has 0 radical (unpaired) electrons. The van der Waals surface area contributed by atoms with Crippen LogP contribution in [0, 0.1) is 11.3 Å². The number of nitrogens with one attached hydrogen (secondary N) is 3. The normalized spacial score (nSPS) is 22.0. The molecule has 0 spiro atoms. The number of piperazine rings is 1. The first-order chi connectivity index (χ1) is 18.4. The Kier molecular flexibility index (Phi) is 9.66. The van der Waals surface area contributed by atoms with Gasteiger partial charge in [-0.05, 0) is 57.5 Å². The Labute approximate surface area is 228 Å². The topological polar surface area (TPSA) is 121 Å². The van der Waals surface area contributed by atoms with Crippen molar-refractivity contribution < 1.29 is 14.4 Å². The maximum atomic E-state index is 13.0. The second-order valence-corrected chi connectivity index (χ2v) is 11.2. The third kappa shape index (κ3) is 7.07. The van der Waals surface area contributed by atoms with Gasteiger partial charge in [-0.3, -0.25) is 14.4 Å². The van der Waals surface area contributed by atoms with Crippen molar-refractivity contribution >= 4 is 40.9 Å². The first kappa shape index (κ1) is 28.0. The highest BCUT2D eigenvalue weighted by atomic mass is 32.2. The third-order valence-electron chi connectivity index (χ3n) is 7.26. The number of carbonyl (C=O) groups excluding carboxylic acids is 3. The molecule has 3 N–H and O–H groups in total. The number of carbonyl (C=O) groups is 3. The minimum atomic E-state index is -0.446. The lowest BCUT2D eigenvalue weighted by Crippen LogP contribution is -2.45. The van der Waals surface area contributed by atoms with Crippen molar-refractivity contribution in [2.45, 2.75) is 43.9 Å². The van der Waals surface area contributed by atoms with Crippen LogP contribution in [0.15, 0.2) is 34.9 Å². The highest BCUT2D eigenvalue weighted by Crippen LogP contribution is 2.37. The lowest BCUT2D eigenvalue weighted by molar-refractivity contribution is -0.127. The lowest BCUT2D eigenvalue weighted by Gasteiger charge is -2.32. The molecule has 1 atom stereocenters. The number of thioether (sulfide) groups is 1. The Morgan fingerprint density at radius 1 is 1.11 bits per heavy atom. The van der Waals surface area contributed by atoms with Gasteiger partial charge in [0.1, 0.15) is 21.9 Å². The zero-order valence-electron chi connectivity index (χ0n) is 22.2. The SMILES string of the molecule is CCN1C(=O)C(CNc2ccc(NC(=O)CCN3CCN(C)CC3)cc2)S/C1=C(/C#N)C(=O)NC1CCC1. The van der Waals surface area contributed by atoms with Crippen molar-refractivity contribution in [1.82, 2.24) is 20.0 Å². The van der Waals surface area contributed by atoms with E-state index >= 15 is 0 Å². The van der Waals surface area contributed by atoms with E-state index in [0.29, 0.717) is 24.5 Å². The van der Waals surface area contributed by atoms with E-state index in [2.05, 4.69) is 32.8 Å². The molecule has 1 saturated carbocycles. The molecule has 1 aromatic rings. The van der Waals surface area contributed by atoms with Gasteiger partial charge in [0.2, 0.25) is 11.8 Å².